The van der Waals surface area contributed by atoms with Crippen LogP contribution < -0.4 is 10.2 Å². The summed E-state index contributed by atoms with van der Waals surface area (Å²) >= 11 is 0. The number of hydrogen-bond donors (Lipinski definition) is 1. The molecule has 0 radical (unpaired) electrons. The van der Waals surface area contributed by atoms with E-state index >= 15 is 0 Å². The van der Waals surface area contributed by atoms with E-state index in [2.05, 4.69) is 5.32 Å². The number of hydrogen-bond acceptors (Lipinski definition) is 3. The molecule has 4 rings (SSSR count). The monoisotopic (exact) mass is 438 g/mol. The SMILES string of the molecule is O=C(Nc1cc(C(F)(F)F)ccc1N1CCCC1)[C@H]1CCCN(C(=O)N2CCCC2)C1. The Kier molecular flexibility index (Phi) is 6.29. The second kappa shape index (κ2) is 8.96. The number of carbonyl (C=O) groups is 2. The summed E-state index contributed by atoms with van der Waals surface area (Å²) in [5.74, 6) is -0.750. The van der Waals surface area contributed by atoms with Gasteiger partial charge in [-0.2, -0.15) is 13.2 Å². The summed E-state index contributed by atoms with van der Waals surface area (Å²) in [6.07, 6.45) is 0.797. The van der Waals surface area contributed by atoms with Crippen molar-refractivity contribution in [3.8, 4) is 0 Å². The normalized spacial score (nSPS) is 22.2. The number of benzene rings is 1. The van der Waals surface area contributed by atoms with Crippen LogP contribution in [0.3, 0.4) is 0 Å². The molecule has 3 amide bonds. The van der Waals surface area contributed by atoms with Crippen molar-refractivity contribution in [1.82, 2.24) is 9.80 Å². The quantitative estimate of drug-likeness (QED) is 0.771. The van der Waals surface area contributed by atoms with Gasteiger partial charge < -0.3 is 20.0 Å². The van der Waals surface area contributed by atoms with Crippen molar-refractivity contribution in [2.75, 3.05) is 49.5 Å². The topological polar surface area (TPSA) is 55.9 Å². The third-order valence-corrected chi connectivity index (χ3v) is 6.47. The van der Waals surface area contributed by atoms with Crippen LogP contribution in [0.1, 0.15) is 44.1 Å². The highest BCUT2D eigenvalue weighted by molar-refractivity contribution is 5.96. The molecule has 1 N–H and O–H groups in total. The van der Waals surface area contributed by atoms with Crippen molar-refractivity contribution in [3.63, 3.8) is 0 Å². The first-order chi connectivity index (χ1) is 14.8. The third kappa shape index (κ3) is 4.91. The number of rotatable bonds is 3. The standard InChI is InChI=1S/C22H29F3N4O2/c23-22(24,25)17-7-8-19(27-9-1-2-10-27)18(14-17)26-20(30)16-6-5-13-29(15-16)21(31)28-11-3-4-12-28/h7-8,14,16H,1-6,9-13,15H2,(H,26,30)/t16-/m0/s1. The molecule has 0 bridgehead atoms. The van der Waals surface area contributed by atoms with Gasteiger partial charge in [-0.15, -0.1) is 0 Å². The fourth-order valence-corrected chi connectivity index (χ4v) is 4.75. The summed E-state index contributed by atoms with van der Waals surface area (Å²) in [6.45, 7) is 3.93. The molecular weight excluding hydrogens is 409 g/mol. The summed E-state index contributed by atoms with van der Waals surface area (Å²) < 4.78 is 39.8. The van der Waals surface area contributed by atoms with E-state index in [-0.39, 0.29) is 17.6 Å². The number of alkyl halides is 3. The van der Waals surface area contributed by atoms with Crippen LogP contribution in [0.2, 0.25) is 0 Å². The average molecular weight is 438 g/mol. The number of urea groups is 1. The maximum absolute atomic E-state index is 13.3. The van der Waals surface area contributed by atoms with Crippen molar-refractivity contribution in [1.29, 1.82) is 0 Å². The smallest absolute Gasteiger partial charge is 0.370 e. The number of nitrogens with zero attached hydrogens (tertiary/aromatic N) is 3. The van der Waals surface area contributed by atoms with Crippen LogP contribution in [0.15, 0.2) is 18.2 Å². The fraction of sp³-hybridized carbons (Fsp3) is 0.636. The highest BCUT2D eigenvalue weighted by atomic mass is 19.4. The van der Waals surface area contributed by atoms with E-state index in [0.717, 1.165) is 64.0 Å². The maximum atomic E-state index is 13.3. The van der Waals surface area contributed by atoms with Gasteiger partial charge in [-0.05, 0) is 56.7 Å². The molecule has 6 nitrogen and oxygen atoms in total. The molecule has 3 saturated heterocycles. The van der Waals surface area contributed by atoms with E-state index in [4.69, 9.17) is 0 Å². The Balaban J connectivity index is 1.49. The van der Waals surface area contributed by atoms with E-state index in [1.54, 1.807) is 4.90 Å². The van der Waals surface area contributed by atoms with Crippen molar-refractivity contribution in [2.45, 2.75) is 44.7 Å². The second-order valence-corrected chi connectivity index (χ2v) is 8.67. The Morgan fingerprint density at radius 3 is 2.23 bits per heavy atom. The van der Waals surface area contributed by atoms with Crippen LogP contribution in [-0.2, 0) is 11.0 Å². The Bertz CT molecular complexity index is 817. The van der Waals surface area contributed by atoms with E-state index in [0.29, 0.717) is 31.6 Å². The zero-order valence-electron chi connectivity index (χ0n) is 17.6. The predicted octanol–water partition coefficient (Wildman–Crippen LogP) is 4.17. The maximum Gasteiger partial charge on any atom is 0.416 e. The number of carbonyl (C=O) groups excluding carboxylic acids is 2. The molecular formula is C22H29F3N4O2. The van der Waals surface area contributed by atoms with Gasteiger partial charge in [0, 0.05) is 39.3 Å². The minimum atomic E-state index is -4.48. The van der Waals surface area contributed by atoms with Gasteiger partial charge in [0.15, 0.2) is 0 Å². The van der Waals surface area contributed by atoms with Gasteiger partial charge in [0.1, 0.15) is 0 Å². The highest BCUT2D eigenvalue weighted by Gasteiger charge is 2.34. The molecule has 0 aromatic heterocycles. The van der Waals surface area contributed by atoms with Gasteiger partial charge in [-0.1, -0.05) is 0 Å². The zero-order chi connectivity index (χ0) is 22.0. The van der Waals surface area contributed by atoms with Gasteiger partial charge in [0.25, 0.3) is 0 Å². The number of halogens is 3. The molecule has 0 spiro atoms. The van der Waals surface area contributed by atoms with E-state index < -0.39 is 17.7 Å². The molecule has 3 aliphatic rings. The predicted molar refractivity (Wildman–Crippen MR) is 112 cm³/mol. The van der Waals surface area contributed by atoms with Crippen molar-refractivity contribution in [3.05, 3.63) is 23.8 Å². The lowest BCUT2D eigenvalue weighted by Gasteiger charge is -2.35. The van der Waals surface area contributed by atoms with Crippen LogP contribution >= 0.6 is 0 Å². The number of anilines is 2. The van der Waals surface area contributed by atoms with Gasteiger partial charge in [0.2, 0.25) is 5.91 Å². The first kappa shape index (κ1) is 21.8. The molecule has 3 fully saturated rings. The zero-order valence-corrected chi connectivity index (χ0v) is 17.6. The van der Waals surface area contributed by atoms with Crippen LogP contribution in [0, 0.1) is 5.92 Å². The van der Waals surface area contributed by atoms with Crippen molar-refractivity contribution >= 4 is 23.3 Å². The van der Waals surface area contributed by atoms with Gasteiger partial charge in [-0.25, -0.2) is 4.79 Å². The minimum absolute atomic E-state index is 0.0353. The second-order valence-electron chi connectivity index (χ2n) is 8.67. The van der Waals surface area contributed by atoms with Crippen molar-refractivity contribution < 1.29 is 22.8 Å². The van der Waals surface area contributed by atoms with Crippen LogP contribution in [0.25, 0.3) is 0 Å². The highest BCUT2D eigenvalue weighted by Crippen LogP contribution is 2.37. The molecule has 1 atom stereocenters. The first-order valence-corrected chi connectivity index (χ1v) is 11.1. The largest absolute Gasteiger partial charge is 0.416 e. The molecule has 1 aromatic rings. The van der Waals surface area contributed by atoms with E-state index in [9.17, 15) is 22.8 Å². The molecule has 170 valence electrons. The summed E-state index contributed by atoms with van der Waals surface area (Å²) in [6, 6.07) is 3.52. The van der Waals surface area contributed by atoms with Crippen LogP contribution in [-0.4, -0.2) is 61.0 Å². The van der Waals surface area contributed by atoms with E-state index in [1.807, 2.05) is 9.80 Å². The van der Waals surface area contributed by atoms with Crippen LogP contribution in [0.4, 0.5) is 29.3 Å². The lowest BCUT2D eigenvalue weighted by atomic mass is 9.97. The molecule has 9 heteroatoms. The van der Waals surface area contributed by atoms with Crippen LogP contribution in [0.5, 0.6) is 0 Å². The summed E-state index contributed by atoms with van der Waals surface area (Å²) in [5, 5.41) is 2.77. The molecule has 3 heterocycles. The summed E-state index contributed by atoms with van der Waals surface area (Å²) in [5.41, 5.74) is 0.0459. The van der Waals surface area contributed by atoms with Crippen molar-refractivity contribution in [2.24, 2.45) is 5.92 Å². The number of amides is 3. The van der Waals surface area contributed by atoms with Gasteiger partial charge in [0.05, 0.1) is 22.9 Å². The average Bonchev–Trinajstić information content (AvgIpc) is 3.47. The Hall–Kier alpha value is -2.45. The van der Waals surface area contributed by atoms with E-state index in [1.165, 1.54) is 6.07 Å². The fourth-order valence-electron chi connectivity index (χ4n) is 4.75. The molecule has 0 unspecified atom stereocenters. The third-order valence-electron chi connectivity index (χ3n) is 6.47. The lowest BCUT2D eigenvalue weighted by molar-refractivity contribution is -0.137. The summed E-state index contributed by atoms with van der Waals surface area (Å²) in [4.78, 5) is 31.3. The number of piperidine rings is 1. The molecule has 1 aromatic carbocycles. The summed E-state index contributed by atoms with van der Waals surface area (Å²) in [7, 11) is 0. The Morgan fingerprint density at radius 1 is 0.903 bits per heavy atom. The minimum Gasteiger partial charge on any atom is -0.370 e. The lowest BCUT2D eigenvalue weighted by Crippen LogP contribution is -2.48. The Morgan fingerprint density at radius 2 is 1.55 bits per heavy atom. The van der Waals surface area contributed by atoms with Gasteiger partial charge in [-0.3, -0.25) is 4.79 Å². The Labute approximate surface area is 180 Å². The molecule has 3 aliphatic heterocycles. The first-order valence-electron chi connectivity index (χ1n) is 11.1. The molecule has 0 saturated carbocycles. The molecule has 31 heavy (non-hydrogen) atoms. The number of nitrogens with one attached hydrogen (secondary N) is 1. The molecule has 0 aliphatic carbocycles. The van der Waals surface area contributed by atoms with Gasteiger partial charge >= 0.3 is 12.2 Å². The number of likely N-dealkylation sites (tertiary alicyclic amines) is 2.